The van der Waals surface area contributed by atoms with Gasteiger partial charge in [0.05, 0.1) is 6.54 Å². The van der Waals surface area contributed by atoms with E-state index in [1.807, 2.05) is 36.4 Å². The van der Waals surface area contributed by atoms with Crippen molar-refractivity contribution in [2.45, 2.75) is 6.54 Å². The summed E-state index contributed by atoms with van der Waals surface area (Å²) in [5, 5.41) is 2.67. The van der Waals surface area contributed by atoms with Crippen molar-refractivity contribution >= 4 is 23.3 Å². The van der Waals surface area contributed by atoms with Crippen molar-refractivity contribution in [3.8, 4) is 0 Å². The predicted octanol–water partition coefficient (Wildman–Crippen LogP) is 1.53. The summed E-state index contributed by atoms with van der Waals surface area (Å²) in [6.07, 6.45) is 0. The van der Waals surface area contributed by atoms with Crippen LogP contribution in [0.1, 0.15) is 5.56 Å². The highest BCUT2D eigenvalue weighted by molar-refractivity contribution is 6.28. The van der Waals surface area contributed by atoms with Gasteiger partial charge in [-0.25, -0.2) is 0 Å². The third-order valence-electron chi connectivity index (χ3n) is 3.79. The molecule has 5 heteroatoms. The normalized spacial score (nSPS) is 17.4. The van der Waals surface area contributed by atoms with E-state index in [0.29, 0.717) is 12.2 Å². The van der Waals surface area contributed by atoms with Crippen LogP contribution >= 0.6 is 0 Å². The molecule has 1 N–H and O–H groups in total. The standard InChI is InChI=1S/C18H16N2O3/c21-15-12-20(14-9-5-2-6-10-14)18(23)16(15)17(22)19-11-13-7-3-1-4-8-13/h1-10,16H,11-12H2,(H,19,22)/t16-/m0/s1. The quantitative estimate of drug-likeness (QED) is 0.871. The number of nitrogens with zero attached hydrogens (tertiary/aromatic N) is 1. The second-order valence-electron chi connectivity index (χ2n) is 5.36. The maximum absolute atomic E-state index is 12.4. The van der Waals surface area contributed by atoms with Crippen LogP contribution in [0.5, 0.6) is 0 Å². The molecule has 0 spiro atoms. The van der Waals surface area contributed by atoms with Gasteiger partial charge in [0.15, 0.2) is 11.7 Å². The molecule has 1 aliphatic heterocycles. The van der Waals surface area contributed by atoms with Gasteiger partial charge in [-0.15, -0.1) is 0 Å². The van der Waals surface area contributed by atoms with E-state index in [4.69, 9.17) is 0 Å². The largest absolute Gasteiger partial charge is 0.351 e. The summed E-state index contributed by atoms with van der Waals surface area (Å²) in [5.74, 6) is -2.63. The van der Waals surface area contributed by atoms with E-state index in [1.165, 1.54) is 4.90 Å². The molecule has 116 valence electrons. The molecule has 0 bridgehead atoms. The highest BCUT2D eigenvalue weighted by Gasteiger charge is 2.44. The molecule has 0 radical (unpaired) electrons. The first-order chi connectivity index (χ1) is 11.2. The van der Waals surface area contributed by atoms with E-state index < -0.39 is 17.7 Å². The van der Waals surface area contributed by atoms with E-state index in [1.54, 1.807) is 24.3 Å². The SMILES string of the molecule is O=C1CN(c2ccccc2)C(=O)[C@@H]1C(=O)NCc1ccccc1. The first kappa shape index (κ1) is 15.0. The summed E-state index contributed by atoms with van der Waals surface area (Å²) in [4.78, 5) is 38.1. The topological polar surface area (TPSA) is 66.5 Å². The molecule has 2 aromatic carbocycles. The number of benzene rings is 2. The fourth-order valence-corrected chi connectivity index (χ4v) is 2.59. The third kappa shape index (κ3) is 3.13. The van der Waals surface area contributed by atoms with Crippen molar-refractivity contribution in [3.05, 3.63) is 66.2 Å². The van der Waals surface area contributed by atoms with Gasteiger partial charge in [0.25, 0.3) is 0 Å². The molecule has 2 amide bonds. The van der Waals surface area contributed by atoms with Gasteiger partial charge in [-0.2, -0.15) is 0 Å². The van der Waals surface area contributed by atoms with Gasteiger partial charge in [0, 0.05) is 12.2 Å². The van der Waals surface area contributed by atoms with Crippen molar-refractivity contribution in [2.24, 2.45) is 5.92 Å². The summed E-state index contributed by atoms with van der Waals surface area (Å²) >= 11 is 0. The second-order valence-corrected chi connectivity index (χ2v) is 5.36. The van der Waals surface area contributed by atoms with Crippen LogP contribution in [-0.2, 0) is 20.9 Å². The summed E-state index contributed by atoms with van der Waals surface area (Å²) in [7, 11) is 0. The maximum Gasteiger partial charge on any atom is 0.247 e. The van der Waals surface area contributed by atoms with E-state index >= 15 is 0 Å². The van der Waals surface area contributed by atoms with Gasteiger partial charge in [0.1, 0.15) is 0 Å². The molecule has 1 atom stereocenters. The van der Waals surface area contributed by atoms with Gasteiger partial charge in [-0.05, 0) is 17.7 Å². The van der Waals surface area contributed by atoms with E-state index in [2.05, 4.69) is 5.32 Å². The molecule has 1 fully saturated rings. The Morgan fingerprint density at radius 3 is 2.26 bits per heavy atom. The minimum atomic E-state index is -1.25. The van der Waals surface area contributed by atoms with Gasteiger partial charge >= 0.3 is 0 Å². The molecule has 0 aromatic heterocycles. The molecular formula is C18H16N2O3. The van der Waals surface area contributed by atoms with Gasteiger partial charge in [-0.1, -0.05) is 48.5 Å². The van der Waals surface area contributed by atoms with Crippen molar-refractivity contribution in [1.82, 2.24) is 5.32 Å². The molecule has 1 heterocycles. The fourth-order valence-electron chi connectivity index (χ4n) is 2.59. The number of carbonyl (C=O) groups is 3. The average molecular weight is 308 g/mol. The van der Waals surface area contributed by atoms with E-state index in [-0.39, 0.29) is 12.3 Å². The van der Waals surface area contributed by atoms with Crippen LogP contribution in [0.25, 0.3) is 0 Å². The van der Waals surface area contributed by atoms with Crippen molar-refractivity contribution < 1.29 is 14.4 Å². The number of anilines is 1. The lowest BCUT2D eigenvalue weighted by atomic mass is 10.1. The zero-order valence-electron chi connectivity index (χ0n) is 12.4. The summed E-state index contributed by atoms with van der Waals surface area (Å²) in [6, 6.07) is 18.2. The number of carbonyl (C=O) groups excluding carboxylic acids is 3. The van der Waals surface area contributed by atoms with Crippen LogP contribution < -0.4 is 10.2 Å². The lowest BCUT2D eigenvalue weighted by Gasteiger charge is -2.15. The van der Waals surface area contributed by atoms with Gasteiger partial charge in [-0.3, -0.25) is 14.4 Å². The summed E-state index contributed by atoms with van der Waals surface area (Å²) < 4.78 is 0. The molecule has 1 aliphatic rings. The van der Waals surface area contributed by atoms with Crippen LogP contribution in [0.15, 0.2) is 60.7 Å². The Balaban J connectivity index is 1.69. The number of nitrogens with one attached hydrogen (secondary N) is 1. The fraction of sp³-hybridized carbons (Fsp3) is 0.167. The number of hydrogen-bond acceptors (Lipinski definition) is 3. The molecule has 5 nitrogen and oxygen atoms in total. The number of hydrogen-bond donors (Lipinski definition) is 1. The molecule has 0 unspecified atom stereocenters. The van der Waals surface area contributed by atoms with E-state index in [9.17, 15) is 14.4 Å². The molecule has 0 saturated carbocycles. The van der Waals surface area contributed by atoms with Crippen LogP contribution in [0.3, 0.4) is 0 Å². The van der Waals surface area contributed by atoms with E-state index in [0.717, 1.165) is 5.56 Å². The Hall–Kier alpha value is -2.95. The first-order valence-electron chi connectivity index (χ1n) is 7.37. The number of rotatable bonds is 4. The van der Waals surface area contributed by atoms with Crippen molar-refractivity contribution in [3.63, 3.8) is 0 Å². The predicted molar refractivity (Wildman–Crippen MR) is 85.6 cm³/mol. The number of amides is 2. The smallest absolute Gasteiger partial charge is 0.247 e. The zero-order chi connectivity index (χ0) is 16.2. The molecule has 1 saturated heterocycles. The molecule has 2 aromatic rings. The maximum atomic E-state index is 12.4. The van der Waals surface area contributed by atoms with Crippen molar-refractivity contribution in [1.29, 1.82) is 0 Å². The van der Waals surface area contributed by atoms with Crippen molar-refractivity contribution in [2.75, 3.05) is 11.4 Å². The highest BCUT2D eigenvalue weighted by atomic mass is 16.2. The first-order valence-corrected chi connectivity index (χ1v) is 7.37. The minimum Gasteiger partial charge on any atom is -0.351 e. The number of Topliss-reactive ketones (excluding diaryl/α,β-unsaturated/α-hetero) is 1. The van der Waals surface area contributed by atoms with Crippen LogP contribution in [0, 0.1) is 5.92 Å². The Morgan fingerprint density at radius 2 is 1.61 bits per heavy atom. The molecule has 0 aliphatic carbocycles. The monoisotopic (exact) mass is 308 g/mol. The Labute approximate surface area is 133 Å². The summed E-state index contributed by atoms with van der Waals surface area (Å²) in [5.41, 5.74) is 1.54. The molecule has 3 rings (SSSR count). The van der Waals surface area contributed by atoms with Crippen LogP contribution in [-0.4, -0.2) is 24.1 Å². The lowest BCUT2D eigenvalue weighted by Crippen LogP contribution is -2.38. The molecular weight excluding hydrogens is 292 g/mol. The summed E-state index contributed by atoms with van der Waals surface area (Å²) in [6.45, 7) is 0.230. The van der Waals surface area contributed by atoms with Crippen LogP contribution in [0.4, 0.5) is 5.69 Å². The number of para-hydroxylation sites is 1. The third-order valence-corrected chi connectivity index (χ3v) is 3.79. The minimum absolute atomic E-state index is 0.0632. The Kier molecular flexibility index (Phi) is 4.19. The Morgan fingerprint density at radius 1 is 1.00 bits per heavy atom. The zero-order valence-corrected chi connectivity index (χ0v) is 12.4. The van der Waals surface area contributed by atoms with Gasteiger partial charge in [0.2, 0.25) is 11.8 Å². The lowest BCUT2D eigenvalue weighted by molar-refractivity contribution is -0.137. The second kappa shape index (κ2) is 6.44. The average Bonchev–Trinajstić information content (AvgIpc) is 2.89. The van der Waals surface area contributed by atoms with Crippen LogP contribution in [0.2, 0.25) is 0 Å². The molecule has 23 heavy (non-hydrogen) atoms. The Bertz CT molecular complexity index is 728. The number of ketones is 1. The van der Waals surface area contributed by atoms with Gasteiger partial charge < -0.3 is 10.2 Å². The highest BCUT2D eigenvalue weighted by Crippen LogP contribution is 2.23.